The highest BCUT2D eigenvalue weighted by atomic mass is 32.2. The summed E-state index contributed by atoms with van der Waals surface area (Å²) in [5.41, 5.74) is 0.855. The number of ether oxygens (including phenoxy) is 1. The van der Waals surface area contributed by atoms with Crippen LogP contribution in [0.5, 0.6) is 5.75 Å². The number of carbonyl (C=O) groups is 1. The number of thioether (sulfide) groups is 1. The lowest BCUT2D eigenvalue weighted by Gasteiger charge is -2.28. The van der Waals surface area contributed by atoms with Crippen LogP contribution in [0, 0.1) is 0 Å². The largest absolute Gasteiger partial charge is 0.497 e. The quantitative estimate of drug-likeness (QED) is 0.850. The normalized spacial score (nSPS) is 19.2. The summed E-state index contributed by atoms with van der Waals surface area (Å²) in [5.74, 6) is 0.826. The number of likely N-dealkylation sites (N-methyl/N-ethyl adjacent to an activating group) is 1. The van der Waals surface area contributed by atoms with Gasteiger partial charge in [-0.15, -0.1) is 0 Å². The van der Waals surface area contributed by atoms with Crippen LogP contribution < -0.4 is 10.1 Å². The van der Waals surface area contributed by atoms with E-state index in [0.717, 1.165) is 16.3 Å². The van der Waals surface area contributed by atoms with Crippen molar-refractivity contribution in [3.8, 4) is 5.75 Å². The van der Waals surface area contributed by atoms with Gasteiger partial charge < -0.3 is 10.1 Å². The molecule has 1 aromatic carbocycles. The van der Waals surface area contributed by atoms with Crippen molar-refractivity contribution in [1.82, 2.24) is 4.90 Å². The smallest absolute Gasteiger partial charge is 0.252 e. The molecule has 1 atom stereocenters. The maximum atomic E-state index is 11.7. The third-order valence-electron chi connectivity index (χ3n) is 2.38. The van der Waals surface area contributed by atoms with Crippen molar-refractivity contribution in [3.05, 3.63) is 18.2 Å². The van der Waals surface area contributed by atoms with E-state index >= 15 is 0 Å². The van der Waals surface area contributed by atoms with Crippen LogP contribution in [0.3, 0.4) is 0 Å². The van der Waals surface area contributed by atoms with Gasteiger partial charge in [-0.05, 0) is 32.3 Å². The van der Waals surface area contributed by atoms with Crippen molar-refractivity contribution >= 4 is 23.4 Å². The lowest BCUT2D eigenvalue weighted by Crippen LogP contribution is -2.39. The summed E-state index contributed by atoms with van der Waals surface area (Å²) in [5, 5.41) is 2.70. The number of fused-ring (bicyclic) bond motifs is 1. The first kappa shape index (κ1) is 11.3. The molecular formula is C11H14N2O2S. The van der Waals surface area contributed by atoms with Crippen LogP contribution in [-0.2, 0) is 4.79 Å². The average Bonchev–Trinajstić information content (AvgIpc) is 2.27. The first-order chi connectivity index (χ1) is 7.61. The zero-order chi connectivity index (χ0) is 11.7. The molecule has 0 saturated carbocycles. The molecule has 2 rings (SSSR count). The fourth-order valence-corrected chi connectivity index (χ4v) is 2.59. The van der Waals surface area contributed by atoms with E-state index in [2.05, 4.69) is 5.32 Å². The number of hydrogen-bond donors (Lipinski definition) is 1. The van der Waals surface area contributed by atoms with E-state index in [1.54, 1.807) is 7.11 Å². The lowest BCUT2D eigenvalue weighted by atomic mass is 10.3. The minimum atomic E-state index is -0.181. The number of methoxy groups -OCH3 is 1. The molecule has 1 unspecified atom stereocenters. The molecule has 1 heterocycles. The summed E-state index contributed by atoms with van der Waals surface area (Å²) < 4.78 is 5.16. The zero-order valence-electron chi connectivity index (χ0n) is 9.48. The summed E-state index contributed by atoms with van der Waals surface area (Å²) in [6.07, 6.45) is 0. The van der Waals surface area contributed by atoms with Gasteiger partial charge in [-0.25, -0.2) is 0 Å². The van der Waals surface area contributed by atoms with Crippen molar-refractivity contribution in [2.45, 2.75) is 10.3 Å². The van der Waals surface area contributed by atoms with Gasteiger partial charge in [-0.3, -0.25) is 9.69 Å². The van der Waals surface area contributed by atoms with Gasteiger partial charge >= 0.3 is 0 Å². The first-order valence-electron chi connectivity index (χ1n) is 4.94. The van der Waals surface area contributed by atoms with Gasteiger partial charge in [0.15, 0.2) is 0 Å². The van der Waals surface area contributed by atoms with Gasteiger partial charge in [0.05, 0.1) is 12.8 Å². The Morgan fingerprint density at radius 2 is 2.19 bits per heavy atom. The van der Waals surface area contributed by atoms with Crippen LogP contribution in [0.1, 0.15) is 0 Å². The molecule has 1 aromatic rings. The second kappa shape index (κ2) is 4.35. The highest BCUT2D eigenvalue weighted by molar-refractivity contribution is 8.00. The minimum absolute atomic E-state index is 0.0210. The second-order valence-electron chi connectivity index (χ2n) is 3.79. The fourth-order valence-electron chi connectivity index (χ4n) is 1.54. The predicted molar refractivity (Wildman–Crippen MR) is 65.0 cm³/mol. The lowest BCUT2D eigenvalue weighted by molar-refractivity contribution is -0.117. The van der Waals surface area contributed by atoms with Crippen LogP contribution >= 0.6 is 11.8 Å². The maximum Gasteiger partial charge on any atom is 0.252 e. The van der Waals surface area contributed by atoms with Gasteiger partial charge in [-0.2, -0.15) is 0 Å². The van der Waals surface area contributed by atoms with Crippen molar-refractivity contribution in [2.24, 2.45) is 0 Å². The van der Waals surface area contributed by atoms with Crippen LogP contribution in [0.25, 0.3) is 0 Å². The molecule has 0 fully saturated rings. The Balaban J connectivity index is 2.32. The van der Waals surface area contributed by atoms with Crippen LogP contribution in [0.15, 0.2) is 23.1 Å². The number of benzene rings is 1. The molecule has 16 heavy (non-hydrogen) atoms. The molecule has 1 aliphatic heterocycles. The average molecular weight is 238 g/mol. The van der Waals surface area contributed by atoms with E-state index in [9.17, 15) is 4.79 Å². The number of nitrogens with one attached hydrogen (secondary N) is 1. The summed E-state index contributed by atoms with van der Waals surface area (Å²) in [6, 6.07) is 5.65. The van der Waals surface area contributed by atoms with Gasteiger partial charge in [0.25, 0.3) is 5.91 Å². The SMILES string of the molecule is COc1ccc2c(c1)SC(N(C)C)C(=O)N2. The van der Waals surface area contributed by atoms with Crippen molar-refractivity contribution in [1.29, 1.82) is 0 Å². The minimum Gasteiger partial charge on any atom is -0.497 e. The van der Waals surface area contributed by atoms with Crippen LogP contribution in [0.2, 0.25) is 0 Å². The molecule has 0 radical (unpaired) electrons. The highest BCUT2D eigenvalue weighted by Gasteiger charge is 2.28. The predicted octanol–water partition coefficient (Wildman–Crippen LogP) is 1.63. The van der Waals surface area contributed by atoms with Gasteiger partial charge in [0, 0.05) is 4.90 Å². The Morgan fingerprint density at radius 3 is 2.81 bits per heavy atom. The van der Waals surface area contributed by atoms with E-state index in [4.69, 9.17) is 4.74 Å². The number of carbonyl (C=O) groups excluding carboxylic acids is 1. The molecule has 4 nitrogen and oxygen atoms in total. The van der Waals surface area contributed by atoms with E-state index in [1.165, 1.54) is 11.8 Å². The van der Waals surface area contributed by atoms with E-state index in [-0.39, 0.29) is 11.3 Å². The zero-order valence-corrected chi connectivity index (χ0v) is 10.3. The molecule has 0 bridgehead atoms. The Hall–Kier alpha value is -1.20. The van der Waals surface area contributed by atoms with E-state index in [0.29, 0.717) is 0 Å². The van der Waals surface area contributed by atoms with Crippen LogP contribution in [-0.4, -0.2) is 37.4 Å². The van der Waals surface area contributed by atoms with Crippen molar-refractivity contribution in [2.75, 3.05) is 26.5 Å². The van der Waals surface area contributed by atoms with Crippen molar-refractivity contribution < 1.29 is 9.53 Å². The van der Waals surface area contributed by atoms with Gasteiger partial charge in [0.2, 0.25) is 0 Å². The molecule has 1 aliphatic rings. The molecule has 0 aromatic heterocycles. The monoisotopic (exact) mass is 238 g/mol. The molecule has 0 aliphatic carbocycles. The topological polar surface area (TPSA) is 41.6 Å². The molecule has 0 saturated heterocycles. The highest BCUT2D eigenvalue weighted by Crippen LogP contribution is 2.38. The number of anilines is 1. The summed E-state index contributed by atoms with van der Waals surface area (Å²) in [4.78, 5) is 14.7. The summed E-state index contributed by atoms with van der Waals surface area (Å²) in [6.45, 7) is 0. The molecule has 1 N–H and O–H groups in total. The molecule has 1 amide bonds. The molecular weight excluding hydrogens is 224 g/mol. The Kier molecular flexibility index (Phi) is 3.07. The Labute approximate surface area is 99.0 Å². The number of amides is 1. The van der Waals surface area contributed by atoms with E-state index < -0.39 is 0 Å². The van der Waals surface area contributed by atoms with Crippen LogP contribution in [0.4, 0.5) is 5.69 Å². The van der Waals surface area contributed by atoms with Gasteiger partial charge in [-0.1, -0.05) is 11.8 Å². The summed E-state index contributed by atoms with van der Waals surface area (Å²) >= 11 is 1.54. The van der Waals surface area contributed by atoms with Crippen molar-refractivity contribution in [3.63, 3.8) is 0 Å². The standard InChI is InChI=1S/C11H14N2O2S/c1-13(2)11-10(14)12-8-5-4-7(15-3)6-9(8)16-11/h4-6,11H,1-3H3,(H,12,14). The number of rotatable bonds is 2. The van der Waals surface area contributed by atoms with E-state index in [1.807, 2.05) is 37.2 Å². The Morgan fingerprint density at radius 1 is 1.44 bits per heavy atom. The number of nitrogens with zero attached hydrogens (tertiary/aromatic N) is 1. The third kappa shape index (κ3) is 2.01. The molecule has 5 heteroatoms. The third-order valence-corrected chi connectivity index (χ3v) is 3.83. The fraction of sp³-hybridized carbons (Fsp3) is 0.364. The maximum absolute atomic E-state index is 11.7. The Bertz CT molecular complexity index is 420. The number of hydrogen-bond acceptors (Lipinski definition) is 4. The second-order valence-corrected chi connectivity index (χ2v) is 4.91. The molecule has 0 spiro atoms. The molecule has 86 valence electrons. The first-order valence-corrected chi connectivity index (χ1v) is 5.82. The summed E-state index contributed by atoms with van der Waals surface area (Å²) in [7, 11) is 5.42. The van der Waals surface area contributed by atoms with Gasteiger partial charge in [0.1, 0.15) is 11.1 Å².